The van der Waals surface area contributed by atoms with Crippen molar-refractivity contribution in [3.63, 3.8) is 0 Å². The topological polar surface area (TPSA) is 66.4 Å². The number of hydrogen-bond acceptors (Lipinski definition) is 3. The van der Waals surface area contributed by atoms with Gasteiger partial charge >= 0.3 is 5.97 Å². The number of carboxylic acids is 1. The lowest BCUT2D eigenvalue weighted by Gasteiger charge is -2.14. The Bertz CT molecular complexity index is 436. The molecule has 1 amide bonds. The maximum Gasteiger partial charge on any atom is 0.326 e. The number of rotatable bonds is 10. The van der Waals surface area contributed by atoms with Crippen molar-refractivity contribution in [2.24, 2.45) is 0 Å². The van der Waals surface area contributed by atoms with Gasteiger partial charge in [0.25, 0.3) is 0 Å². The minimum atomic E-state index is -0.995. The van der Waals surface area contributed by atoms with E-state index in [1.165, 1.54) is 0 Å². The molecule has 1 atom stereocenters. The fourth-order valence-electron chi connectivity index (χ4n) is 1.83. The zero-order valence-corrected chi connectivity index (χ0v) is 13.2. The quantitative estimate of drug-likeness (QED) is 0.652. The number of carbonyl (C=O) groups excluding carboxylic acids is 1. The summed E-state index contributed by atoms with van der Waals surface area (Å²) in [7, 11) is 0. The molecule has 0 aromatic heterocycles. The summed E-state index contributed by atoms with van der Waals surface area (Å²) < 4.78 is 0. The van der Waals surface area contributed by atoms with E-state index in [2.05, 4.69) is 12.2 Å². The molecule has 1 aromatic rings. The average molecular weight is 309 g/mol. The highest BCUT2D eigenvalue weighted by molar-refractivity contribution is 7.99. The predicted octanol–water partition coefficient (Wildman–Crippen LogP) is 2.72. The molecule has 0 aliphatic carbocycles. The first-order valence-corrected chi connectivity index (χ1v) is 8.42. The molecule has 4 nitrogen and oxygen atoms in total. The zero-order chi connectivity index (χ0) is 15.5. The second kappa shape index (κ2) is 10.3. The Kier molecular flexibility index (Phi) is 8.59. The molecule has 0 aliphatic rings. The van der Waals surface area contributed by atoms with Crippen LogP contribution in [0.1, 0.15) is 31.7 Å². The number of thioether (sulfide) groups is 1. The van der Waals surface area contributed by atoms with Crippen LogP contribution in [-0.4, -0.2) is 34.5 Å². The first kappa shape index (κ1) is 17.6. The molecular weight excluding hydrogens is 286 g/mol. The molecule has 0 radical (unpaired) electrons. The second-order valence-corrected chi connectivity index (χ2v) is 6.09. The van der Waals surface area contributed by atoms with Crippen LogP contribution in [-0.2, 0) is 16.0 Å². The molecule has 116 valence electrons. The lowest BCUT2D eigenvalue weighted by Crippen LogP contribution is -2.42. The van der Waals surface area contributed by atoms with E-state index < -0.39 is 12.0 Å². The summed E-state index contributed by atoms with van der Waals surface area (Å²) in [6.45, 7) is 2.13. The van der Waals surface area contributed by atoms with Gasteiger partial charge in [-0.05, 0) is 17.7 Å². The molecule has 0 bridgehead atoms. The minimum Gasteiger partial charge on any atom is -0.480 e. The van der Waals surface area contributed by atoms with Crippen LogP contribution in [0.15, 0.2) is 30.3 Å². The molecule has 0 saturated heterocycles. The van der Waals surface area contributed by atoms with Crippen LogP contribution in [0.3, 0.4) is 0 Å². The molecule has 21 heavy (non-hydrogen) atoms. The van der Waals surface area contributed by atoms with Crippen molar-refractivity contribution in [3.05, 3.63) is 35.9 Å². The largest absolute Gasteiger partial charge is 0.480 e. The smallest absolute Gasteiger partial charge is 0.326 e. The van der Waals surface area contributed by atoms with E-state index >= 15 is 0 Å². The van der Waals surface area contributed by atoms with Crippen LogP contribution in [0, 0.1) is 0 Å². The van der Waals surface area contributed by atoms with Crippen LogP contribution in [0.2, 0.25) is 0 Å². The van der Waals surface area contributed by atoms with Gasteiger partial charge in [0, 0.05) is 18.6 Å². The highest BCUT2D eigenvalue weighted by atomic mass is 32.2. The van der Waals surface area contributed by atoms with Crippen molar-refractivity contribution in [2.45, 2.75) is 38.6 Å². The fraction of sp³-hybridized carbons (Fsp3) is 0.500. The standard InChI is InChI=1S/C16H23NO3S/c1-2-3-10-21-11-9-15(18)17-14(16(19)20)12-13-7-5-4-6-8-13/h4-8,14H,2-3,9-12H2,1H3,(H,17,18)(H,19,20)/t14-/m1/s1. The summed E-state index contributed by atoms with van der Waals surface area (Å²) in [5.41, 5.74) is 0.905. The molecule has 0 saturated carbocycles. The van der Waals surface area contributed by atoms with E-state index in [1.807, 2.05) is 30.3 Å². The summed E-state index contributed by atoms with van der Waals surface area (Å²) in [4.78, 5) is 23.0. The first-order chi connectivity index (χ1) is 10.1. The number of carbonyl (C=O) groups is 2. The van der Waals surface area contributed by atoms with E-state index in [-0.39, 0.29) is 5.91 Å². The lowest BCUT2D eigenvalue weighted by atomic mass is 10.1. The molecule has 1 aromatic carbocycles. The molecule has 5 heteroatoms. The van der Waals surface area contributed by atoms with Crippen molar-refractivity contribution >= 4 is 23.6 Å². The molecule has 1 rings (SSSR count). The Morgan fingerprint density at radius 2 is 1.95 bits per heavy atom. The Hall–Kier alpha value is -1.49. The van der Waals surface area contributed by atoms with E-state index in [0.717, 1.165) is 29.9 Å². The SMILES string of the molecule is CCCCSCCC(=O)N[C@H](Cc1ccccc1)C(=O)O. The highest BCUT2D eigenvalue weighted by Gasteiger charge is 2.19. The summed E-state index contributed by atoms with van der Waals surface area (Å²) in [5.74, 6) is 0.604. The number of benzene rings is 1. The Morgan fingerprint density at radius 1 is 1.24 bits per heavy atom. The summed E-state index contributed by atoms with van der Waals surface area (Å²) in [6, 6.07) is 8.47. The van der Waals surface area contributed by atoms with E-state index in [4.69, 9.17) is 0 Å². The average Bonchev–Trinajstić information content (AvgIpc) is 2.47. The van der Waals surface area contributed by atoms with Crippen LogP contribution in [0.4, 0.5) is 0 Å². The molecule has 0 heterocycles. The van der Waals surface area contributed by atoms with Crippen molar-refractivity contribution < 1.29 is 14.7 Å². The number of hydrogen-bond donors (Lipinski definition) is 2. The number of carboxylic acid groups (broad SMARTS) is 1. The summed E-state index contributed by atoms with van der Waals surface area (Å²) >= 11 is 1.74. The number of aliphatic carboxylic acids is 1. The molecular formula is C16H23NO3S. The van der Waals surface area contributed by atoms with Crippen molar-refractivity contribution in [1.29, 1.82) is 0 Å². The Morgan fingerprint density at radius 3 is 2.57 bits per heavy atom. The van der Waals surface area contributed by atoms with Gasteiger partial charge < -0.3 is 10.4 Å². The van der Waals surface area contributed by atoms with Gasteiger partial charge in [-0.15, -0.1) is 0 Å². The van der Waals surface area contributed by atoms with Gasteiger partial charge in [0.1, 0.15) is 6.04 Å². The number of amides is 1. The third-order valence-corrected chi connectivity index (χ3v) is 4.10. The van der Waals surface area contributed by atoms with Gasteiger partial charge in [0.05, 0.1) is 0 Å². The third-order valence-electron chi connectivity index (χ3n) is 3.03. The first-order valence-electron chi connectivity index (χ1n) is 7.27. The maximum atomic E-state index is 11.8. The summed E-state index contributed by atoms with van der Waals surface area (Å²) in [6.07, 6.45) is 2.98. The van der Waals surface area contributed by atoms with Crippen LogP contribution < -0.4 is 5.32 Å². The van der Waals surface area contributed by atoms with Gasteiger partial charge in [0.2, 0.25) is 5.91 Å². The van der Waals surface area contributed by atoms with Crippen LogP contribution >= 0.6 is 11.8 Å². The van der Waals surface area contributed by atoms with Gasteiger partial charge in [-0.2, -0.15) is 11.8 Å². The summed E-state index contributed by atoms with van der Waals surface area (Å²) in [5, 5.41) is 11.8. The van der Waals surface area contributed by atoms with Gasteiger partial charge in [-0.25, -0.2) is 4.79 Å². The third kappa shape index (κ3) is 7.75. The Labute approximate surface area is 130 Å². The van der Waals surface area contributed by atoms with Crippen LogP contribution in [0.25, 0.3) is 0 Å². The number of unbranched alkanes of at least 4 members (excludes halogenated alkanes) is 1. The number of nitrogens with one attached hydrogen (secondary N) is 1. The van der Waals surface area contributed by atoms with Crippen molar-refractivity contribution in [2.75, 3.05) is 11.5 Å². The molecule has 2 N–H and O–H groups in total. The second-order valence-electron chi connectivity index (χ2n) is 4.86. The normalized spacial score (nSPS) is 11.9. The van der Waals surface area contributed by atoms with Gasteiger partial charge in [-0.1, -0.05) is 43.7 Å². The van der Waals surface area contributed by atoms with Crippen molar-refractivity contribution in [3.8, 4) is 0 Å². The monoisotopic (exact) mass is 309 g/mol. The lowest BCUT2D eigenvalue weighted by molar-refractivity contribution is -0.141. The van der Waals surface area contributed by atoms with Crippen molar-refractivity contribution in [1.82, 2.24) is 5.32 Å². The predicted molar refractivity (Wildman–Crippen MR) is 86.6 cm³/mol. The van der Waals surface area contributed by atoms with Crippen LogP contribution in [0.5, 0.6) is 0 Å². The van der Waals surface area contributed by atoms with E-state index in [0.29, 0.717) is 12.8 Å². The fourth-order valence-corrected chi connectivity index (χ4v) is 2.86. The highest BCUT2D eigenvalue weighted by Crippen LogP contribution is 2.07. The van der Waals surface area contributed by atoms with E-state index in [1.54, 1.807) is 11.8 Å². The maximum absolute atomic E-state index is 11.8. The molecule has 0 aliphatic heterocycles. The van der Waals surface area contributed by atoms with E-state index in [9.17, 15) is 14.7 Å². The molecule has 0 spiro atoms. The Balaban J connectivity index is 2.36. The van der Waals surface area contributed by atoms with Gasteiger partial charge in [-0.3, -0.25) is 4.79 Å². The minimum absolute atomic E-state index is 0.192. The zero-order valence-electron chi connectivity index (χ0n) is 12.4. The van der Waals surface area contributed by atoms with Gasteiger partial charge in [0.15, 0.2) is 0 Å². The molecule has 0 unspecified atom stereocenters. The molecule has 0 fully saturated rings.